The van der Waals surface area contributed by atoms with Crippen molar-refractivity contribution in [3.63, 3.8) is 0 Å². The van der Waals surface area contributed by atoms with Crippen molar-refractivity contribution in [1.29, 1.82) is 0 Å². The van der Waals surface area contributed by atoms with Crippen LogP contribution in [0.4, 0.5) is 0 Å². The predicted octanol–water partition coefficient (Wildman–Crippen LogP) is 2.09. The van der Waals surface area contributed by atoms with Gasteiger partial charge in [0.25, 0.3) is 0 Å². The van der Waals surface area contributed by atoms with Gasteiger partial charge in [-0.25, -0.2) is 0 Å². The van der Waals surface area contributed by atoms with E-state index >= 15 is 0 Å². The molecule has 2 aromatic rings. The molecule has 0 aromatic carbocycles. The van der Waals surface area contributed by atoms with E-state index in [0.29, 0.717) is 5.92 Å². The lowest BCUT2D eigenvalue weighted by molar-refractivity contribution is 0.200. The summed E-state index contributed by atoms with van der Waals surface area (Å²) in [6.07, 6.45) is 5.92. The van der Waals surface area contributed by atoms with Gasteiger partial charge in [0.05, 0.1) is 0 Å². The zero-order chi connectivity index (χ0) is 14.8. The van der Waals surface area contributed by atoms with Crippen molar-refractivity contribution in [2.45, 2.75) is 39.2 Å². The number of aryl methyl sites for hydroxylation is 1. The third-order valence-corrected chi connectivity index (χ3v) is 4.55. The first-order chi connectivity index (χ1) is 10.1. The summed E-state index contributed by atoms with van der Waals surface area (Å²) in [5.41, 5.74) is 4.09. The molecule has 112 valence electrons. The van der Waals surface area contributed by atoms with E-state index in [-0.39, 0.29) is 5.43 Å². The van der Waals surface area contributed by atoms with Gasteiger partial charge in [0, 0.05) is 47.4 Å². The summed E-state index contributed by atoms with van der Waals surface area (Å²) in [6.45, 7) is 6.71. The number of H-pyrrole nitrogens is 2. The maximum absolute atomic E-state index is 12.0. The number of aromatic amines is 2. The Hall–Kier alpha value is -1.88. The SMILES string of the molecule is Cc1c[nH]c(CN2CCC(c3ccn[nH]3)CC2)c(C)c1=O. The minimum Gasteiger partial charge on any atom is -0.363 e. The Morgan fingerprint density at radius 3 is 2.76 bits per heavy atom. The number of nitrogens with zero attached hydrogens (tertiary/aromatic N) is 2. The molecule has 2 N–H and O–H groups in total. The molecular formula is C16H22N4O. The van der Waals surface area contributed by atoms with Gasteiger partial charge < -0.3 is 4.98 Å². The standard InChI is InChI=1S/C16H22N4O/c1-11-9-17-15(12(2)16(11)21)10-20-7-4-13(5-8-20)14-3-6-18-19-14/h3,6,9,13H,4-5,7-8,10H2,1-2H3,(H,17,21)(H,18,19). The van der Waals surface area contributed by atoms with Gasteiger partial charge in [0.15, 0.2) is 5.43 Å². The summed E-state index contributed by atoms with van der Waals surface area (Å²) in [5, 5.41) is 7.11. The summed E-state index contributed by atoms with van der Waals surface area (Å²) < 4.78 is 0. The van der Waals surface area contributed by atoms with Crippen LogP contribution in [0, 0.1) is 13.8 Å². The van der Waals surface area contributed by atoms with Crippen LogP contribution in [-0.2, 0) is 6.54 Å². The third-order valence-electron chi connectivity index (χ3n) is 4.55. The van der Waals surface area contributed by atoms with Crippen LogP contribution in [-0.4, -0.2) is 33.2 Å². The maximum atomic E-state index is 12.0. The Balaban J connectivity index is 1.63. The van der Waals surface area contributed by atoms with Crippen LogP contribution in [0.2, 0.25) is 0 Å². The molecule has 0 spiro atoms. The molecule has 1 fully saturated rings. The van der Waals surface area contributed by atoms with Gasteiger partial charge in [0.2, 0.25) is 0 Å². The van der Waals surface area contributed by atoms with Gasteiger partial charge in [-0.15, -0.1) is 0 Å². The quantitative estimate of drug-likeness (QED) is 0.908. The van der Waals surface area contributed by atoms with Crippen molar-refractivity contribution < 1.29 is 0 Å². The lowest BCUT2D eigenvalue weighted by atomic mass is 9.93. The summed E-state index contributed by atoms with van der Waals surface area (Å²) >= 11 is 0. The number of pyridine rings is 1. The van der Waals surface area contributed by atoms with E-state index in [4.69, 9.17) is 0 Å². The first-order valence-electron chi connectivity index (χ1n) is 7.54. The molecule has 0 atom stereocenters. The van der Waals surface area contributed by atoms with Crippen molar-refractivity contribution in [2.24, 2.45) is 0 Å². The molecule has 0 saturated carbocycles. The van der Waals surface area contributed by atoms with E-state index in [1.54, 1.807) is 0 Å². The first kappa shape index (κ1) is 14.1. The number of hydrogen-bond donors (Lipinski definition) is 2. The van der Waals surface area contributed by atoms with Crippen molar-refractivity contribution in [2.75, 3.05) is 13.1 Å². The number of likely N-dealkylation sites (tertiary alicyclic amines) is 1. The molecule has 1 aliphatic heterocycles. The number of nitrogens with one attached hydrogen (secondary N) is 2. The van der Waals surface area contributed by atoms with E-state index in [2.05, 4.69) is 26.1 Å². The largest absolute Gasteiger partial charge is 0.363 e. The van der Waals surface area contributed by atoms with Crippen LogP contribution >= 0.6 is 0 Å². The highest BCUT2D eigenvalue weighted by Crippen LogP contribution is 2.26. The van der Waals surface area contributed by atoms with E-state index in [1.165, 1.54) is 5.69 Å². The molecule has 0 unspecified atom stereocenters. The molecule has 3 heterocycles. The second-order valence-electron chi connectivity index (χ2n) is 5.97. The highest BCUT2D eigenvalue weighted by Gasteiger charge is 2.22. The van der Waals surface area contributed by atoms with Crippen LogP contribution in [0.1, 0.15) is 41.3 Å². The summed E-state index contributed by atoms with van der Waals surface area (Å²) in [4.78, 5) is 17.7. The molecule has 5 heteroatoms. The molecule has 0 amide bonds. The fourth-order valence-electron chi connectivity index (χ4n) is 3.09. The number of aromatic nitrogens is 3. The normalized spacial score (nSPS) is 17.2. The van der Waals surface area contributed by atoms with E-state index in [0.717, 1.165) is 49.3 Å². The summed E-state index contributed by atoms with van der Waals surface area (Å²) in [5.74, 6) is 0.585. The minimum absolute atomic E-state index is 0.163. The van der Waals surface area contributed by atoms with Crippen molar-refractivity contribution in [1.82, 2.24) is 20.1 Å². The summed E-state index contributed by atoms with van der Waals surface area (Å²) in [6, 6.07) is 2.07. The van der Waals surface area contributed by atoms with Crippen LogP contribution in [0.15, 0.2) is 23.3 Å². The highest BCUT2D eigenvalue weighted by molar-refractivity contribution is 5.23. The molecule has 5 nitrogen and oxygen atoms in total. The Morgan fingerprint density at radius 2 is 2.10 bits per heavy atom. The third kappa shape index (κ3) is 2.93. The molecule has 0 aliphatic carbocycles. The van der Waals surface area contributed by atoms with Crippen molar-refractivity contribution >= 4 is 0 Å². The molecule has 21 heavy (non-hydrogen) atoms. The second-order valence-corrected chi connectivity index (χ2v) is 5.97. The Morgan fingerprint density at radius 1 is 1.33 bits per heavy atom. The fourth-order valence-corrected chi connectivity index (χ4v) is 3.09. The first-order valence-corrected chi connectivity index (χ1v) is 7.54. The Kier molecular flexibility index (Phi) is 3.92. The van der Waals surface area contributed by atoms with Gasteiger partial charge >= 0.3 is 0 Å². The van der Waals surface area contributed by atoms with E-state index < -0.39 is 0 Å². The van der Waals surface area contributed by atoms with Gasteiger partial charge in [-0.1, -0.05) is 0 Å². The molecule has 0 radical (unpaired) electrons. The molecular weight excluding hydrogens is 264 g/mol. The monoisotopic (exact) mass is 286 g/mol. The number of hydrogen-bond acceptors (Lipinski definition) is 3. The van der Waals surface area contributed by atoms with Crippen LogP contribution in [0.25, 0.3) is 0 Å². The molecule has 1 saturated heterocycles. The van der Waals surface area contributed by atoms with Crippen molar-refractivity contribution in [3.05, 3.63) is 51.2 Å². The molecule has 0 bridgehead atoms. The minimum atomic E-state index is 0.163. The summed E-state index contributed by atoms with van der Waals surface area (Å²) in [7, 11) is 0. The highest BCUT2D eigenvalue weighted by atomic mass is 16.1. The van der Waals surface area contributed by atoms with Crippen molar-refractivity contribution in [3.8, 4) is 0 Å². The number of piperidine rings is 1. The topological polar surface area (TPSA) is 64.8 Å². The molecule has 1 aliphatic rings. The zero-order valence-electron chi connectivity index (χ0n) is 12.6. The van der Waals surface area contributed by atoms with Crippen LogP contribution in [0.3, 0.4) is 0 Å². The molecule has 3 rings (SSSR count). The second kappa shape index (κ2) is 5.85. The maximum Gasteiger partial charge on any atom is 0.187 e. The Bertz CT molecular complexity index is 651. The smallest absolute Gasteiger partial charge is 0.187 e. The van der Waals surface area contributed by atoms with Gasteiger partial charge in [-0.05, 0) is 45.8 Å². The zero-order valence-corrected chi connectivity index (χ0v) is 12.6. The average molecular weight is 286 g/mol. The van der Waals surface area contributed by atoms with Gasteiger partial charge in [-0.3, -0.25) is 14.8 Å². The van der Waals surface area contributed by atoms with Gasteiger partial charge in [-0.2, -0.15) is 5.10 Å². The Labute approximate surface area is 124 Å². The lowest BCUT2D eigenvalue weighted by Gasteiger charge is -2.31. The van der Waals surface area contributed by atoms with E-state index in [1.807, 2.05) is 26.2 Å². The van der Waals surface area contributed by atoms with Crippen LogP contribution < -0.4 is 5.43 Å². The number of rotatable bonds is 3. The average Bonchev–Trinajstić information content (AvgIpc) is 3.03. The fraction of sp³-hybridized carbons (Fsp3) is 0.500. The van der Waals surface area contributed by atoms with E-state index in [9.17, 15) is 4.79 Å². The predicted molar refractivity (Wildman–Crippen MR) is 82.4 cm³/mol. The van der Waals surface area contributed by atoms with Gasteiger partial charge in [0.1, 0.15) is 0 Å². The molecule has 2 aromatic heterocycles. The van der Waals surface area contributed by atoms with Crippen LogP contribution in [0.5, 0.6) is 0 Å². The lowest BCUT2D eigenvalue weighted by Crippen LogP contribution is -2.33.